The second kappa shape index (κ2) is 8.33. The molecule has 0 bridgehead atoms. The van der Waals surface area contributed by atoms with Gasteiger partial charge in [0.05, 0.1) is 19.0 Å². The molecular weight excluding hydrogens is 314 g/mol. The van der Waals surface area contributed by atoms with Crippen molar-refractivity contribution >= 4 is 23.5 Å². The summed E-state index contributed by atoms with van der Waals surface area (Å²) < 4.78 is 5.27. The fourth-order valence-electron chi connectivity index (χ4n) is 2.94. The lowest BCUT2D eigenvalue weighted by molar-refractivity contribution is -0.111. The van der Waals surface area contributed by atoms with E-state index >= 15 is 0 Å². The number of benzene rings is 1. The van der Waals surface area contributed by atoms with Gasteiger partial charge in [-0.15, -0.1) is 0 Å². The summed E-state index contributed by atoms with van der Waals surface area (Å²) in [6, 6.07) is 11.4. The minimum absolute atomic E-state index is 0.218. The van der Waals surface area contributed by atoms with Gasteiger partial charge < -0.3 is 15.0 Å². The Labute approximate surface area is 148 Å². The van der Waals surface area contributed by atoms with Crippen LogP contribution in [0.5, 0.6) is 5.75 Å². The van der Waals surface area contributed by atoms with E-state index in [9.17, 15) is 4.79 Å². The molecule has 0 atom stereocenters. The number of anilines is 2. The molecule has 3 rings (SSSR count). The van der Waals surface area contributed by atoms with Gasteiger partial charge in [-0.25, -0.2) is 4.98 Å². The summed E-state index contributed by atoms with van der Waals surface area (Å²) in [6.45, 7) is 2.16. The highest BCUT2D eigenvalue weighted by Crippen LogP contribution is 2.20. The van der Waals surface area contributed by atoms with Crippen LogP contribution in [0.2, 0.25) is 0 Å². The number of carbonyl (C=O) groups is 1. The number of carbonyl (C=O) groups excluding carboxylic acids is 1. The maximum absolute atomic E-state index is 12.1. The SMILES string of the molecule is COc1ccccc1C=CC(=O)Nc1ccc(N2CCCCC2)cn1. The van der Waals surface area contributed by atoms with Crippen molar-refractivity contribution in [3.63, 3.8) is 0 Å². The molecule has 1 aromatic carbocycles. The Morgan fingerprint density at radius 3 is 2.68 bits per heavy atom. The minimum atomic E-state index is -0.218. The number of amides is 1. The molecule has 5 heteroatoms. The van der Waals surface area contributed by atoms with E-state index in [4.69, 9.17) is 4.74 Å². The van der Waals surface area contributed by atoms with Gasteiger partial charge in [0.15, 0.2) is 0 Å². The number of rotatable bonds is 5. The van der Waals surface area contributed by atoms with Crippen molar-refractivity contribution in [3.05, 3.63) is 54.2 Å². The molecule has 5 nitrogen and oxygen atoms in total. The first-order chi connectivity index (χ1) is 12.3. The van der Waals surface area contributed by atoms with E-state index in [0.717, 1.165) is 30.1 Å². The molecule has 1 aliphatic rings. The number of methoxy groups -OCH3 is 1. The third-order valence-electron chi connectivity index (χ3n) is 4.27. The second-order valence-corrected chi connectivity index (χ2v) is 6.01. The van der Waals surface area contributed by atoms with Crippen molar-refractivity contribution < 1.29 is 9.53 Å². The summed E-state index contributed by atoms with van der Waals surface area (Å²) in [5, 5.41) is 2.78. The Bertz CT molecular complexity index is 735. The van der Waals surface area contributed by atoms with Gasteiger partial charge >= 0.3 is 0 Å². The number of hydrogen-bond donors (Lipinski definition) is 1. The fourth-order valence-corrected chi connectivity index (χ4v) is 2.94. The molecule has 2 aromatic rings. The standard InChI is InChI=1S/C20H23N3O2/c1-25-18-8-4-3-7-16(18)9-12-20(24)22-19-11-10-17(15-21-19)23-13-5-2-6-14-23/h3-4,7-12,15H,2,5-6,13-14H2,1H3,(H,21,22,24). The normalized spacial score (nSPS) is 14.5. The van der Waals surface area contributed by atoms with E-state index in [-0.39, 0.29) is 5.91 Å². The molecule has 1 N–H and O–H groups in total. The molecule has 1 fully saturated rings. The molecule has 25 heavy (non-hydrogen) atoms. The van der Waals surface area contributed by atoms with Gasteiger partial charge in [0.1, 0.15) is 11.6 Å². The van der Waals surface area contributed by atoms with Gasteiger partial charge in [0.25, 0.3) is 0 Å². The Kier molecular flexibility index (Phi) is 5.67. The molecule has 0 unspecified atom stereocenters. The highest BCUT2D eigenvalue weighted by molar-refractivity contribution is 6.01. The van der Waals surface area contributed by atoms with E-state index in [0.29, 0.717) is 5.82 Å². The molecule has 0 saturated carbocycles. The lowest BCUT2D eigenvalue weighted by Crippen LogP contribution is -2.29. The van der Waals surface area contributed by atoms with Crippen LogP contribution in [0, 0.1) is 0 Å². The first-order valence-electron chi connectivity index (χ1n) is 8.59. The summed E-state index contributed by atoms with van der Waals surface area (Å²) in [4.78, 5) is 18.8. The minimum Gasteiger partial charge on any atom is -0.496 e. The molecule has 0 spiro atoms. The zero-order valence-corrected chi connectivity index (χ0v) is 14.4. The average molecular weight is 337 g/mol. The predicted molar refractivity (Wildman–Crippen MR) is 101 cm³/mol. The summed E-state index contributed by atoms with van der Waals surface area (Å²) in [6.07, 6.45) is 8.80. The van der Waals surface area contributed by atoms with Crippen LogP contribution in [0.3, 0.4) is 0 Å². The van der Waals surface area contributed by atoms with E-state index in [2.05, 4.69) is 15.2 Å². The van der Waals surface area contributed by atoms with Crippen LogP contribution in [0.1, 0.15) is 24.8 Å². The molecule has 2 heterocycles. The van der Waals surface area contributed by atoms with Crippen LogP contribution in [-0.4, -0.2) is 31.1 Å². The van der Waals surface area contributed by atoms with Crippen LogP contribution < -0.4 is 15.0 Å². The number of nitrogens with zero attached hydrogens (tertiary/aromatic N) is 2. The maximum atomic E-state index is 12.1. The van der Waals surface area contributed by atoms with E-state index in [1.54, 1.807) is 13.2 Å². The summed E-state index contributed by atoms with van der Waals surface area (Å²) in [5.74, 6) is 1.06. The van der Waals surface area contributed by atoms with Gasteiger partial charge in [0.2, 0.25) is 5.91 Å². The molecule has 1 amide bonds. The molecule has 1 aliphatic heterocycles. The lowest BCUT2D eigenvalue weighted by Gasteiger charge is -2.28. The number of aromatic nitrogens is 1. The fraction of sp³-hybridized carbons (Fsp3) is 0.300. The molecule has 1 saturated heterocycles. The summed E-state index contributed by atoms with van der Waals surface area (Å²) in [7, 11) is 1.61. The number of para-hydroxylation sites is 1. The lowest BCUT2D eigenvalue weighted by atomic mass is 10.1. The highest BCUT2D eigenvalue weighted by atomic mass is 16.5. The number of hydrogen-bond acceptors (Lipinski definition) is 4. The monoisotopic (exact) mass is 337 g/mol. The van der Waals surface area contributed by atoms with Crippen molar-refractivity contribution in [2.24, 2.45) is 0 Å². The first kappa shape index (κ1) is 17.0. The van der Waals surface area contributed by atoms with Gasteiger partial charge in [-0.1, -0.05) is 18.2 Å². The van der Waals surface area contributed by atoms with Gasteiger partial charge in [-0.05, 0) is 43.5 Å². The van der Waals surface area contributed by atoms with Crippen molar-refractivity contribution in [2.45, 2.75) is 19.3 Å². The van der Waals surface area contributed by atoms with Crippen LogP contribution in [0.25, 0.3) is 6.08 Å². The van der Waals surface area contributed by atoms with Crippen LogP contribution in [-0.2, 0) is 4.79 Å². The van der Waals surface area contributed by atoms with E-state index in [1.807, 2.05) is 42.6 Å². The average Bonchev–Trinajstić information content (AvgIpc) is 2.68. The quantitative estimate of drug-likeness (QED) is 0.845. The molecule has 1 aromatic heterocycles. The van der Waals surface area contributed by atoms with E-state index < -0.39 is 0 Å². The van der Waals surface area contributed by atoms with Crippen LogP contribution >= 0.6 is 0 Å². The molecular formula is C20H23N3O2. The first-order valence-corrected chi connectivity index (χ1v) is 8.59. The number of nitrogens with one attached hydrogen (secondary N) is 1. The van der Waals surface area contributed by atoms with Crippen LogP contribution in [0.4, 0.5) is 11.5 Å². The number of piperidine rings is 1. The predicted octanol–water partition coefficient (Wildman–Crippen LogP) is 3.73. The van der Waals surface area contributed by atoms with Crippen molar-refractivity contribution in [2.75, 3.05) is 30.4 Å². The molecule has 0 aliphatic carbocycles. The smallest absolute Gasteiger partial charge is 0.249 e. The van der Waals surface area contributed by atoms with Gasteiger partial charge in [-0.3, -0.25) is 4.79 Å². The summed E-state index contributed by atoms with van der Waals surface area (Å²) >= 11 is 0. The maximum Gasteiger partial charge on any atom is 0.249 e. The zero-order valence-electron chi connectivity index (χ0n) is 14.4. The Morgan fingerprint density at radius 2 is 1.96 bits per heavy atom. The molecule has 130 valence electrons. The topological polar surface area (TPSA) is 54.5 Å². The van der Waals surface area contributed by atoms with Crippen molar-refractivity contribution in [1.82, 2.24) is 4.98 Å². The summed E-state index contributed by atoms with van der Waals surface area (Å²) in [5.41, 5.74) is 1.97. The van der Waals surface area contributed by atoms with Crippen molar-refractivity contribution in [3.8, 4) is 5.75 Å². The second-order valence-electron chi connectivity index (χ2n) is 6.01. The zero-order chi connectivity index (χ0) is 17.5. The Hall–Kier alpha value is -2.82. The Morgan fingerprint density at radius 1 is 1.16 bits per heavy atom. The van der Waals surface area contributed by atoms with Gasteiger partial charge in [-0.2, -0.15) is 0 Å². The third kappa shape index (κ3) is 4.59. The van der Waals surface area contributed by atoms with E-state index in [1.165, 1.54) is 25.3 Å². The van der Waals surface area contributed by atoms with Gasteiger partial charge in [0, 0.05) is 24.7 Å². The number of ether oxygens (including phenoxy) is 1. The highest BCUT2D eigenvalue weighted by Gasteiger charge is 2.11. The van der Waals surface area contributed by atoms with Crippen molar-refractivity contribution in [1.29, 1.82) is 0 Å². The Balaban J connectivity index is 1.60. The number of pyridine rings is 1. The molecule has 0 radical (unpaired) electrons. The van der Waals surface area contributed by atoms with Crippen LogP contribution in [0.15, 0.2) is 48.7 Å². The third-order valence-corrected chi connectivity index (χ3v) is 4.27. The largest absolute Gasteiger partial charge is 0.496 e.